The molecule has 1 aromatic heterocycles. The number of hydrogen-bond donors (Lipinski definition) is 1. The van der Waals surface area contributed by atoms with Gasteiger partial charge in [0.2, 0.25) is 12.1 Å². The van der Waals surface area contributed by atoms with Crippen molar-refractivity contribution in [3.63, 3.8) is 0 Å². The Balaban J connectivity index is 2.95. The van der Waals surface area contributed by atoms with Crippen molar-refractivity contribution in [3.8, 4) is 6.07 Å². The molecule has 98 valence electrons. The summed E-state index contributed by atoms with van der Waals surface area (Å²) < 4.78 is 6.89. The summed E-state index contributed by atoms with van der Waals surface area (Å²) in [5.74, 6) is -1.37. The molecule has 18 heavy (non-hydrogen) atoms. The average molecular weight is 267 g/mol. The zero-order valence-corrected chi connectivity index (χ0v) is 11.9. The summed E-state index contributed by atoms with van der Waals surface area (Å²) in [5.41, 5.74) is -0.0637. The number of carboxylic acids is 1. The van der Waals surface area contributed by atoms with Crippen molar-refractivity contribution in [2.75, 3.05) is 0 Å². The van der Waals surface area contributed by atoms with Gasteiger partial charge in [-0.15, -0.1) is 0 Å². The van der Waals surface area contributed by atoms with Gasteiger partial charge in [0, 0.05) is 18.1 Å². The molecule has 1 aromatic rings. The van der Waals surface area contributed by atoms with E-state index in [1.807, 2.05) is 13.0 Å². The van der Waals surface area contributed by atoms with Crippen LogP contribution in [0.25, 0.3) is 0 Å². The standard InChI is InChI=1S/C11H17N3O3Si/c1-8(18(2,3)4)17-9(7-12)14-6-5-13-10(14)11(15)16/h5-6,8-9H,1-4H3,(H,15,16). The van der Waals surface area contributed by atoms with Crippen LogP contribution in [0.3, 0.4) is 0 Å². The summed E-state index contributed by atoms with van der Waals surface area (Å²) in [4.78, 5) is 14.6. The highest BCUT2D eigenvalue weighted by Gasteiger charge is 2.28. The maximum Gasteiger partial charge on any atom is 0.372 e. The first-order valence-electron chi connectivity index (χ1n) is 5.58. The molecule has 0 saturated heterocycles. The second kappa shape index (κ2) is 5.33. The number of aromatic nitrogens is 2. The molecule has 0 aliphatic rings. The molecule has 6 nitrogen and oxygen atoms in total. The molecule has 1 heterocycles. The summed E-state index contributed by atoms with van der Waals surface area (Å²) in [6, 6.07) is 1.96. The van der Waals surface area contributed by atoms with E-state index in [9.17, 15) is 4.79 Å². The average Bonchev–Trinajstić information content (AvgIpc) is 2.72. The van der Waals surface area contributed by atoms with E-state index in [0.29, 0.717) is 0 Å². The van der Waals surface area contributed by atoms with Gasteiger partial charge in [0.15, 0.2) is 0 Å². The molecule has 2 atom stereocenters. The number of ether oxygens (including phenoxy) is 1. The van der Waals surface area contributed by atoms with Crippen LogP contribution in [0.4, 0.5) is 0 Å². The van der Waals surface area contributed by atoms with Gasteiger partial charge in [0.05, 0.1) is 8.07 Å². The van der Waals surface area contributed by atoms with Crippen molar-refractivity contribution >= 4 is 14.0 Å². The molecule has 0 bridgehead atoms. The van der Waals surface area contributed by atoms with E-state index in [-0.39, 0.29) is 11.6 Å². The Kier molecular flexibility index (Phi) is 4.27. The number of imidazole rings is 1. The SMILES string of the molecule is CC(OC(C#N)n1ccnc1C(=O)O)[Si](C)(C)C. The zero-order chi connectivity index (χ0) is 13.9. The molecule has 7 heteroatoms. The fourth-order valence-electron chi connectivity index (χ4n) is 1.22. The van der Waals surface area contributed by atoms with Crippen LogP contribution in [-0.4, -0.2) is 34.4 Å². The van der Waals surface area contributed by atoms with E-state index in [1.165, 1.54) is 17.0 Å². The van der Waals surface area contributed by atoms with Gasteiger partial charge in [-0.25, -0.2) is 9.78 Å². The molecule has 0 spiro atoms. The Morgan fingerprint density at radius 3 is 2.67 bits per heavy atom. The number of carboxylic acid groups (broad SMARTS) is 1. The van der Waals surface area contributed by atoms with E-state index in [1.54, 1.807) is 0 Å². The third-order valence-electron chi connectivity index (χ3n) is 2.78. The molecular weight excluding hydrogens is 250 g/mol. The highest BCUT2D eigenvalue weighted by atomic mass is 28.3. The van der Waals surface area contributed by atoms with Gasteiger partial charge in [0.1, 0.15) is 6.07 Å². The molecule has 0 saturated carbocycles. The van der Waals surface area contributed by atoms with Crippen LogP contribution in [-0.2, 0) is 4.74 Å². The Hall–Kier alpha value is -1.65. The minimum Gasteiger partial charge on any atom is -0.475 e. The predicted octanol–water partition coefficient (Wildman–Crippen LogP) is 1.89. The van der Waals surface area contributed by atoms with Crippen molar-refractivity contribution < 1.29 is 14.6 Å². The van der Waals surface area contributed by atoms with Crippen molar-refractivity contribution in [1.82, 2.24) is 9.55 Å². The third kappa shape index (κ3) is 3.18. The Bertz CT molecular complexity index is 473. The zero-order valence-electron chi connectivity index (χ0n) is 10.9. The number of aromatic carboxylic acids is 1. The smallest absolute Gasteiger partial charge is 0.372 e. The molecule has 0 aliphatic heterocycles. The molecular formula is C11H17N3O3Si. The van der Waals surface area contributed by atoms with Gasteiger partial charge in [-0.1, -0.05) is 19.6 Å². The van der Waals surface area contributed by atoms with Crippen LogP contribution in [0.1, 0.15) is 23.8 Å². The second-order valence-corrected chi connectivity index (χ2v) is 10.6. The fourth-order valence-corrected chi connectivity index (χ4v) is 1.76. The summed E-state index contributed by atoms with van der Waals surface area (Å²) in [7, 11) is -1.55. The maximum atomic E-state index is 10.9. The fraction of sp³-hybridized carbons (Fsp3) is 0.545. The maximum absolute atomic E-state index is 10.9. The van der Waals surface area contributed by atoms with Crippen molar-refractivity contribution in [2.45, 2.75) is 38.5 Å². The lowest BCUT2D eigenvalue weighted by atomic mass is 10.5. The molecule has 1 rings (SSSR count). The van der Waals surface area contributed by atoms with E-state index in [4.69, 9.17) is 15.1 Å². The first-order chi connectivity index (χ1) is 8.27. The van der Waals surface area contributed by atoms with Crippen LogP contribution >= 0.6 is 0 Å². The summed E-state index contributed by atoms with van der Waals surface area (Å²) in [6.45, 7) is 8.28. The van der Waals surface area contributed by atoms with Gasteiger partial charge < -0.3 is 9.84 Å². The van der Waals surface area contributed by atoms with Gasteiger partial charge in [-0.3, -0.25) is 4.57 Å². The highest BCUT2D eigenvalue weighted by molar-refractivity contribution is 6.77. The first kappa shape index (κ1) is 14.4. The van der Waals surface area contributed by atoms with E-state index in [2.05, 4.69) is 24.6 Å². The molecule has 1 N–H and O–H groups in total. The Morgan fingerprint density at radius 1 is 1.61 bits per heavy atom. The Morgan fingerprint density at radius 2 is 2.22 bits per heavy atom. The molecule has 0 aliphatic carbocycles. The van der Waals surface area contributed by atoms with E-state index >= 15 is 0 Å². The van der Waals surface area contributed by atoms with Gasteiger partial charge in [-0.05, 0) is 6.92 Å². The van der Waals surface area contributed by atoms with Gasteiger partial charge in [-0.2, -0.15) is 5.26 Å². The summed E-state index contributed by atoms with van der Waals surface area (Å²) in [5, 5.41) is 18.1. The lowest BCUT2D eigenvalue weighted by Gasteiger charge is -2.27. The van der Waals surface area contributed by atoms with Crippen molar-refractivity contribution in [2.24, 2.45) is 0 Å². The largest absolute Gasteiger partial charge is 0.475 e. The van der Waals surface area contributed by atoms with Crippen LogP contribution in [0.15, 0.2) is 12.4 Å². The highest BCUT2D eigenvalue weighted by Crippen LogP contribution is 2.19. The van der Waals surface area contributed by atoms with Crippen molar-refractivity contribution in [3.05, 3.63) is 18.2 Å². The lowest BCUT2D eigenvalue weighted by Crippen LogP contribution is -2.39. The molecule has 2 unspecified atom stereocenters. The van der Waals surface area contributed by atoms with Gasteiger partial charge in [0.25, 0.3) is 0 Å². The molecule has 0 fully saturated rings. The van der Waals surface area contributed by atoms with E-state index in [0.717, 1.165) is 0 Å². The molecule has 0 aromatic carbocycles. The number of rotatable bonds is 5. The first-order valence-corrected chi connectivity index (χ1v) is 9.16. The number of carbonyl (C=O) groups is 1. The third-order valence-corrected chi connectivity index (χ3v) is 5.35. The van der Waals surface area contributed by atoms with E-state index < -0.39 is 20.3 Å². The van der Waals surface area contributed by atoms with Crippen LogP contribution in [0.2, 0.25) is 19.6 Å². The summed E-state index contributed by atoms with van der Waals surface area (Å²) in [6.07, 6.45) is 1.82. The Labute approximate surface area is 107 Å². The predicted molar refractivity (Wildman–Crippen MR) is 67.7 cm³/mol. The van der Waals surface area contributed by atoms with Crippen molar-refractivity contribution in [1.29, 1.82) is 5.26 Å². The normalized spacial score (nSPS) is 14.8. The van der Waals surface area contributed by atoms with Crippen LogP contribution in [0, 0.1) is 11.3 Å². The lowest BCUT2D eigenvalue weighted by molar-refractivity contribution is 0.0202. The minimum absolute atomic E-state index is 0.0637. The number of hydrogen-bond acceptors (Lipinski definition) is 4. The minimum atomic E-state index is -1.55. The van der Waals surface area contributed by atoms with Crippen LogP contribution in [0.5, 0.6) is 0 Å². The molecule has 0 amide bonds. The quantitative estimate of drug-likeness (QED) is 0.823. The summed E-state index contributed by atoms with van der Waals surface area (Å²) >= 11 is 0. The molecule has 0 radical (unpaired) electrons. The second-order valence-electron chi connectivity index (χ2n) is 5.09. The topological polar surface area (TPSA) is 88.1 Å². The monoisotopic (exact) mass is 267 g/mol. The van der Waals surface area contributed by atoms with Crippen LogP contribution < -0.4 is 0 Å². The number of nitriles is 1. The van der Waals surface area contributed by atoms with Gasteiger partial charge >= 0.3 is 5.97 Å². The number of nitrogens with zero attached hydrogens (tertiary/aromatic N) is 3.